The van der Waals surface area contributed by atoms with E-state index in [0.717, 1.165) is 5.52 Å². The topological polar surface area (TPSA) is 63.3 Å². The Hall–Kier alpha value is -2.62. The van der Waals surface area contributed by atoms with Gasteiger partial charge in [-0.05, 0) is 18.2 Å². The molecule has 3 aromatic rings. The summed E-state index contributed by atoms with van der Waals surface area (Å²) in [6.45, 7) is 0. The lowest BCUT2D eigenvalue weighted by Gasteiger charge is -1.91. The number of rotatable bonds is 1. The van der Waals surface area contributed by atoms with E-state index in [1.165, 1.54) is 24.0 Å². The molecule has 4 heteroatoms. The summed E-state index contributed by atoms with van der Waals surface area (Å²) in [5.74, 6) is -0.959. The molecule has 0 spiro atoms. The Morgan fingerprint density at radius 1 is 1.11 bits per heavy atom. The second-order valence-electron chi connectivity index (χ2n) is 3.51. The van der Waals surface area contributed by atoms with Crippen molar-refractivity contribution in [1.29, 1.82) is 0 Å². The van der Waals surface area contributed by atoms with E-state index < -0.39 is 5.97 Å². The molecule has 1 aromatic carbocycles. The molecule has 0 unspecified atom stereocenters. The number of aromatic nitrogens is 1. The van der Waals surface area contributed by atoms with Crippen LogP contribution in [0.5, 0.6) is 0 Å². The molecule has 0 atom stereocenters. The van der Waals surface area contributed by atoms with Crippen LogP contribution in [-0.4, -0.2) is 16.1 Å². The van der Waals surface area contributed by atoms with Gasteiger partial charge < -0.3 is 9.52 Å². The van der Waals surface area contributed by atoms with Gasteiger partial charge in [0.05, 0.1) is 17.3 Å². The second kappa shape index (κ2) is 5.63. The standard InChI is InChI=1S/C9H7N.C5H4O3/c1-2-6-9-8(4-1)5-3-7-10-9;6-5(7)4-1-2-8-3-4/h1-7H;1-3H,(H,6,7). The third-order valence-electron chi connectivity index (χ3n) is 2.28. The summed E-state index contributed by atoms with van der Waals surface area (Å²) in [5, 5.41) is 9.41. The van der Waals surface area contributed by atoms with Crippen molar-refractivity contribution in [3.63, 3.8) is 0 Å². The molecule has 0 bridgehead atoms. The summed E-state index contributed by atoms with van der Waals surface area (Å²) in [4.78, 5) is 14.2. The maximum absolute atomic E-state index is 10.0. The highest BCUT2D eigenvalue weighted by Crippen LogP contribution is 2.07. The average molecular weight is 241 g/mol. The zero-order valence-electron chi connectivity index (χ0n) is 9.48. The van der Waals surface area contributed by atoms with Crippen molar-refractivity contribution >= 4 is 16.9 Å². The SMILES string of the molecule is O=C(O)c1ccoc1.c1ccc2ncccc2c1. The van der Waals surface area contributed by atoms with Gasteiger partial charge in [-0.15, -0.1) is 0 Å². The third-order valence-corrected chi connectivity index (χ3v) is 2.28. The maximum Gasteiger partial charge on any atom is 0.338 e. The minimum absolute atomic E-state index is 0.185. The van der Waals surface area contributed by atoms with Crippen molar-refractivity contribution in [2.45, 2.75) is 0 Å². The van der Waals surface area contributed by atoms with Gasteiger partial charge in [0, 0.05) is 11.6 Å². The second-order valence-corrected chi connectivity index (χ2v) is 3.51. The number of benzene rings is 1. The molecule has 3 rings (SSSR count). The van der Waals surface area contributed by atoms with E-state index in [9.17, 15) is 4.79 Å². The molecule has 0 aliphatic carbocycles. The van der Waals surface area contributed by atoms with E-state index in [2.05, 4.69) is 21.5 Å². The van der Waals surface area contributed by atoms with Crippen molar-refractivity contribution in [1.82, 2.24) is 4.98 Å². The highest BCUT2D eigenvalue weighted by molar-refractivity contribution is 5.86. The lowest BCUT2D eigenvalue weighted by molar-refractivity contribution is 0.0696. The number of furan rings is 1. The number of carboxylic acids is 1. The minimum atomic E-state index is -0.959. The largest absolute Gasteiger partial charge is 0.478 e. The first-order valence-electron chi connectivity index (χ1n) is 5.32. The molecular formula is C14H11NO3. The molecule has 0 saturated carbocycles. The van der Waals surface area contributed by atoms with Gasteiger partial charge in [0.15, 0.2) is 0 Å². The summed E-state index contributed by atoms with van der Waals surface area (Å²) in [6, 6.07) is 13.5. The summed E-state index contributed by atoms with van der Waals surface area (Å²) in [5.41, 5.74) is 1.25. The predicted molar refractivity (Wildman–Crippen MR) is 67.4 cm³/mol. The number of carbonyl (C=O) groups is 1. The summed E-state index contributed by atoms with van der Waals surface area (Å²) >= 11 is 0. The van der Waals surface area contributed by atoms with E-state index in [1.807, 2.05) is 30.5 Å². The van der Waals surface area contributed by atoms with Crippen LogP contribution in [0.4, 0.5) is 0 Å². The molecular weight excluding hydrogens is 230 g/mol. The number of fused-ring (bicyclic) bond motifs is 1. The van der Waals surface area contributed by atoms with Gasteiger partial charge in [-0.1, -0.05) is 24.3 Å². The van der Waals surface area contributed by atoms with Crippen LogP contribution in [-0.2, 0) is 0 Å². The number of para-hydroxylation sites is 1. The lowest BCUT2D eigenvalue weighted by atomic mass is 10.2. The molecule has 0 aliphatic heterocycles. The van der Waals surface area contributed by atoms with Crippen LogP contribution in [0.3, 0.4) is 0 Å². The molecule has 1 N–H and O–H groups in total. The van der Waals surface area contributed by atoms with Crippen LogP contribution in [0.25, 0.3) is 10.9 Å². The summed E-state index contributed by atoms with van der Waals surface area (Å²) < 4.78 is 4.49. The van der Waals surface area contributed by atoms with Gasteiger partial charge >= 0.3 is 5.97 Å². The first-order chi connectivity index (χ1) is 8.77. The van der Waals surface area contributed by atoms with E-state index in [1.54, 1.807) is 0 Å². The fourth-order valence-corrected chi connectivity index (χ4v) is 1.40. The quantitative estimate of drug-likeness (QED) is 0.710. The molecule has 0 aliphatic rings. The summed E-state index contributed by atoms with van der Waals surface area (Å²) in [6.07, 6.45) is 4.31. The van der Waals surface area contributed by atoms with Gasteiger partial charge in [0.25, 0.3) is 0 Å². The van der Waals surface area contributed by atoms with E-state index in [4.69, 9.17) is 5.11 Å². The first-order valence-corrected chi connectivity index (χ1v) is 5.32. The first kappa shape index (κ1) is 11.9. The van der Waals surface area contributed by atoms with Crippen LogP contribution in [0, 0.1) is 0 Å². The number of hydrogen-bond acceptors (Lipinski definition) is 3. The normalized spacial score (nSPS) is 9.56. The summed E-state index contributed by atoms with van der Waals surface area (Å²) in [7, 11) is 0. The van der Waals surface area contributed by atoms with Gasteiger partial charge in [-0.3, -0.25) is 4.98 Å². The Labute approximate surface area is 104 Å². The lowest BCUT2D eigenvalue weighted by Crippen LogP contribution is -1.90. The zero-order valence-corrected chi connectivity index (χ0v) is 9.48. The van der Waals surface area contributed by atoms with Crippen molar-refractivity contribution in [2.75, 3.05) is 0 Å². The molecule has 0 amide bonds. The van der Waals surface area contributed by atoms with Gasteiger partial charge in [-0.2, -0.15) is 0 Å². The predicted octanol–water partition coefficient (Wildman–Crippen LogP) is 3.21. The molecule has 90 valence electrons. The van der Waals surface area contributed by atoms with Crippen molar-refractivity contribution in [2.24, 2.45) is 0 Å². The fourth-order valence-electron chi connectivity index (χ4n) is 1.40. The monoisotopic (exact) mass is 241 g/mol. The number of hydrogen-bond donors (Lipinski definition) is 1. The zero-order chi connectivity index (χ0) is 12.8. The maximum atomic E-state index is 10.0. The molecule has 4 nitrogen and oxygen atoms in total. The van der Waals surface area contributed by atoms with Crippen LogP contribution in [0.2, 0.25) is 0 Å². The van der Waals surface area contributed by atoms with Gasteiger partial charge in [0.1, 0.15) is 6.26 Å². The van der Waals surface area contributed by atoms with Crippen LogP contribution < -0.4 is 0 Å². The van der Waals surface area contributed by atoms with E-state index in [0.29, 0.717) is 0 Å². The number of carboxylic acid groups (broad SMARTS) is 1. The van der Waals surface area contributed by atoms with Crippen LogP contribution >= 0.6 is 0 Å². The van der Waals surface area contributed by atoms with E-state index in [-0.39, 0.29) is 5.56 Å². The van der Waals surface area contributed by atoms with E-state index >= 15 is 0 Å². The Balaban J connectivity index is 0.000000138. The third kappa shape index (κ3) is 2.95. The van der Waals surface area contributed by atoms with Gasteiger partial charge in [-0.25, -0.2) is 4.79 Å². The molecule has 0 fully saturated rings. The van der Waals surface area contributed by atoms with Crippen LogP contribution in [0.15, 0.2) is 65.6 Å². The Morgan fingerprint density at radius 3 is 2.50 bits per heavy atom. The fraction of sp³-hybridized carbons (Fsp3) is 0. The minimum Gasteiger partial charge on any atom is -0.478 e. The van der Waals surface area contributed by atoms with Crippen molar-refractivity contribution in [3.8, 4) is 0 Å². The Bertz CT molecular complexity index is 567. The molecule has 2 aromatic heterocycles. The highest BCUT2D eigenvalue weighted by atomic mass is 16.4. The highest BCUT2D eigenvalue weighted by Gasteiger charge is 2.00. The smallest absolute Gasteiger partial charge is 0.338 e. The molecule has 2 heterocycles. The van der Waals surface area contributed by atoms with Crippen molar-refractivity contribution in [3.05, 3.63) is 66.8 Å². The van der Waals surface area contributed by atoms with Crippen molar-refractivity contribution < 1.29 is 14.3 Å². The number of nitrogens with zero attached hydrogens (tertiary/aromatic N) is 1. The molecule has 0 saturated heterocycles. The molecule has 0 radical (unpaired) electrons. The average Bonchev–Trinajstić information content (AvgIpc) is 2.94. The number of aromatic carboxylic acids is 1. The molecule has 18 heavy (non-hydrogen) atoms. The van der Waals surface area contributed by atoms with Crippen LogP contribution in [0.1, 0.15) is 10.4 Å². The Kier molecular flexibility index (Phi) is 3.71. The Morgan fingerprint density at radius 2 is 1.89 bits per heavy atom. The number of pyridine rings is 1. The van der Waals surface area contributed by atoms with Gasteiger partial charge in [0.2, 0.25) is 0 Å².